The monoisotopic (exact) mass is 285 g/mol. The third-order valence-corrected chi connectivity index (χ3v) is 3.15. The number of carbonyl (C=O) groups excluding carboxylic acids is 2. The maximum Gasteiger partial charge on any atom is 0.329 e. The molecule has 1 fully saturated rings. The van der Waals surface area contributed by atoms with Crippen molar-refractivity contribution in [3.05, 3.63) is 0 Å². The Hall–Kier alpha value is -1.10. The summed E-state index contributed by atoms with van der Waals surface area (Å²) < 4.78 is 10.9. The van der Waals surface area contributed by atoms with E-state index in [0.29, 0.717) is 6.42 Å². The van der Waals surface area contributed by atoms with Crippen molar-refractivity contribution in [3.8, 4) is 0 Å². The summed E-state index contributed by atoms with van der Waals surface area (Å²) in [6, 6.07) is -0.638. The summed E-state index contributed by atoms with van der Waals surface area (Å²) in [4.78, 5) is 24.3. The molecule has 5 heteroatoms. The van der Waals surface area contributed by atoms with E-state index in [1.165, 1.54) is 0 Å². The van der Waals surface area contributed by atoms with E-state index < -0.39 is 23.7 Å². The van der Waals surface area contributed by atoms with Gasteiger partial charge in [0.05, 0.1) is 6.10 Å². The fourth-order valence-electron chi connectivity index (χ4n) is 2.10. The number of hydrogen-bond acceptors (Lipinski definition) is 4. The van der Waals surface area contributed by atoms with Crippen molar-refractivity contribution in [2.75, 3.05) is 0 Å². The molecule has 20 heavy (non-hydrogen) atoms. The number of ether oxygens (including phenoxy) is 2. The van der Waals surface area contributed by atoms with Crippen molar-refractivity contribution in [2.24, 2.45) is 5.92 Å². The molecular weight excluding hydrogens is 258 g/mol. The van der Waals surface area contributed by atoms with Crippen LogP contribution in [0.5, 0.6) is 0 Å². The Morgan fingerprint density at radius 3 is 2.25 bits per heavy atom. The average molecular weight is 285 g/mol. The molecule has 3 atom stereocenters. The van der Waals surface area contributed by atoms with E-state index >= 15 is 0 Å². The van der Waals surface area contributed by atoms with Crippen molar-refractivity contribution < 1.29 is 19.1 Å². The number of hydrogen-bond donors (Lipinski definition) is 1. The van der Waals surface area contributed by atoms with Gasteiger partial charge in [0.25, 0.3) is 0 Å². The molecule has 0 bridgehead atoms. The molecule has 1 N–H and O–H groups in total. The highest BCUT2D eigenvalue weighted by molar-refractivity contribution is 5.87. The van der Waals surface area contributed by atoms with Crippen molar-refractivity contribution in [3.63, 3.8) is 0 Å². The third kappa shape index (κ3) is 5.12. The number of nitrogens with one attached hydrogen (secondary N) is 1. The predicted octanol–water partition coefficient (Wildman–Crippen LogP) is 2.04. The Labute approximate surface area is 121 Å². The summed E-state index contributed by atoms with van der Waals surface area (Å²) in [6.07, 6.45) is 1.22. The Morgan fingerprint density at radius 1 is 1.25 bits per heavy atom. The van der Waals surface area contributed by atoms with Gasteiger partial charge in [-0.25, -0.2) is 4.79 Å². The molecule has 116 valence electrons. The molecule has 0 aromatic carbocycles. The summed E-state index contributed by atoms with van der Waals surface area (Å²) >= 11 is 0. The number of amides is 1. The Bertz CT molecular complexity index is 359. The molecule has 1 saturated heterocycles. The lowest BCUT2D eigenvalue weighted by Gasteiger charge is -2.27. The quantitative estimate of drug-likeness (QED) is 0.803. The van der Waals surface area contributed by atoms with Crippen molar-refractivity contribution in [1.29, 1.82) is 0 Å². The van der Waals surface area contributed by atoms with E-state index in [4.69, 9.17) is 9.47 Å². The van der Waals surface area contributed by atoms with Crippen LogP contribution in [0.2, 0.25) is 0 Å². The van der Waals surface area contributed by atoms with Gasteiger partial charge in [-0.1, -0.05) is 13.8 Å². The normalized spacial score (nSPS) is 24.6. The minimum absolute atomic E-state index is 0.0346. The molecule has 1 rings (SSSR count). The lowest BCUT2D eigenvalue weighted by molar-refractivity contribution is -0.160. The van der Waals surface area contributed by atoms with Gasteiger partial charge >= 0.3 is 5.97 Å². The van der Waals surface area contributed by atoms with Crippen molar-refractivity contribution in [1.82, 2.24) is 5.32 Å². The minimum Gasteiger partial charge on any atom is -0.458 e. The van der Waals surface area contributed by atoms with Crippen LogP contribution in [-0.2, 0) is 19.1 Å². The zero-order valence-corrected chi connectivity index (χ0v) is 13.4. The fourth-order valence-corrected chi connectivity index (χ4v) is 2.10. The van der Waals surface area contributed by atoms with Gasteiger partial charge in [0.15, 0.2) is 0 Å². The molecule has 0 aromatic heterocycles. The Balaban J connectivity index is 2.63. The average Bonchev–Trinajstić information content (AvgIpc) is 2.69. The predicted molar refractivity (Wildman–Crippen MR) is 76.2 cm³/mol. The van der Waals surface area contributed by atoms with Crippen LogP contribution in [0, 0.1) is 5.92 Å². The standard InChI is InChI=1S/C15H27NO4/c1-9(2)12(14(18)20-15(4,5)6)16-13(17)11-8-7-10(3)19-11/h9-12H,7-8H2,1-6H3,(H,16,17)/t10?,11?,12-/m1/s1. The first-order valence-corrected chi connectivity index (χ1v) is 7.29. The molecular formula is C15H27NO4. The SMILES string of the molecule is CC1CCC(C(=O)N[C@@H](C(=O)OC(C)(C)C)C(C)C)O1. The molecule has 2 unspecified atom stereocenters. The highest BCUT2D eigenvalue weighted by Gasteiger charge is 2.34. The number of esters is 1. The minimum atomic E-state index is -0.638. The molecule has 0 spiro atoms. The van der Waals surface area contributed by atoms with Gasteiger partial charge in [-0.15, -0.1) is 0 Å². The highest BCUT2D eigenvalue weighted by Crippen LogP contribution is 2.20. The van der Waals surface area contributed by atoms with E-state index in [9.17, 15) is 9.59 Å². The van der Waals surface area contributed by atoms with Gasteiger partial charge in [0.1, 0.15) is 17.7 Å². The van der Waals surface area contributed by atoms with Crippen LogP contribution in [-0.4, -0.2) is 35.7 Å². The van der Waals surface area contributed by atoms with E-state index in [2.05, 4.69) is 5.32 Å². The van der Waals surface area contributed by atoms with Gasteiger partial charge in [0.2, 0.25) is 5.91 Å². The summed E-state index contributed by atoms with van der Waals surface area (Å²) in [5.74, 6) is -0.654. The largest absolute Gasteiger partial charge is 0.458 e. The number of rotatable bonds is 4. The first-order chi connectivity index (χ1) is 9.10. The second-order valence-electron chi connectivity index (χ2n) is 6.78. The smallest absolute Gasteiger partial charge is 0.329 e. The van der Waals surface area contributed by atoms with E-state index in [-0.39, 0.29) is 17.9 Å². The van der Waals surface area contributed by atoms with Crippen LogP contribution >= 0.6 is 0 Å². The van der Waals surface area contributed by atoms with E-state index in [1.807, 2.05) is 41.5 Å². The summed E-state index contributed by atoms with van der Waals surface area (Å²) in [6.45, 7) is 11.1. The summed E-state index contributed by atoms with van der Waals surface area (Å²) in [5.41, 5.74) is -0.562. The zero-order chi connectivity index (χ0) is 15.5. The lowest BCUT2D eigenvalue weighted by Crippen LogP contribution is -2.50. The molecule has 1 heterocycles. The summed E-state index contributed by atoms with van der Waals surface area (Å²) in [7, 11) is 0. The molecule has 0 radical (unpaired) electrons. The van der Waals surface area contributed by atoms with Gasteiger partial charge in [-0.2, -0.15) is 0 Å². The van der Waals surface area contributed by atoms with E-state index in [0.717, 1.165) is 6.42 Å². The van der Waals surface area contributed by atoms with Crippen LogP contribution in [0.3, 0.4) is 0 Å². The molecule has 5 nitrogen and oxygen atoms in total. The maximum atomic E-state index is 12.1. The van der Waals surface area contributed by atoms with Gasteiger partial charge in [-0.05, 0) is 46.5 Å². The second kappa shape index (κ2) is 6.57. The topological polar surface area (TPSA) is 64.6 Å². The van der Waals surface area contributed by atoms with Gasteiger partial charge < -0.3 is 14.8 Å². The molecule has 0 saturated carbocycles. The zero-order valence-electron chi connectivity index (χ0n) is 13.4. The first kappa shape index (κ1) is 17.0. The lowest BCUT2D eigenvalue weighted by atomic mass is 10.0. The Kier molecular flexibility index (Phi) is 5.57. The fraction of sp³-hybridized carbons (Fsp3) is 0.867. The third-order valence-electron chi connectivity index (χ3n) is 3.15. The van der Waals surface area contributed by atoms with Crippen molar-refractivity contribution >= 4 is 11.9 Å². The molecule has 1 amide bonds. The molecule has 0 aliphatic carbocycles. The van der Waals surface area contributed by atoms with Crippen LogP contribution in [0.1, 0.15) is 54.4 Å². The second-order valence-corrected chi connectivity index (χ2v) is 6.78. The van der Waals surface area contributed by atoms with Gasteiger partial charge in [-0.3, -0.25) is 4.79 Å². The van der Waals surface area contributed by atoms with Crippen LogP contribution in [0.25, 0.3) is 0 Å². The van der Waals surface area contributed by atoms with Crippen LogP contribution in [0.4, 0.5) is 0 Å². The first-order valence-electron chi connectivity index (χ1n) is 7.29. The Morgan fingerprint density at radius 2 is 1.85 bits per heavy atom. The van der Waals surface area contributed by atoms with E-state index in [1.54, 1.807) is 0 Å². The maximum absolute atomic E-state index is 12.1. The highest BCUT2D eigenvalue weighted by atomic mass is 16.6. The van der Waals surface area contributed by atoms with Crippen LogP contribution < -0.4 is 5.32 Å². The van der Waals surface area contributed by atoms with Gasteiger partial charge in [0, 0.05) is 0 Å². The molecule has 1 aliphatic heterocycles. The molecule has 0 aromatic rings. The summed E-state index contributed by atoms with van der Waals surface area (Å²) in [5, 5.41) is 2.76. The van der Waals surface area contributed by atoms with Crippen LogP contribution in [0.15, 0.2) is 0 Å². The molecule has 1 aliphatic rings. The van der Waals surface area contributed by atoms with Crippen molar-refractivity contribution in [2.45, 2.75) is 78.2 Å². The number of carbonyl (C=O) groups is 2.